The standard InChI is InChI=1S/C17H26N4O/c22-16(19-13-15-5-10-18-14-20-15)21-11-4-8-17(9-12-21)6-2-1-3-7-17/h5,10,14H,1-4,6-9,11-13H2,(H,19,22). The van der Waals surface area contributed by atoms with Crippen molar-refractivity contribution in [3.8, 4) is 0 Å². The van der Waals surface area contributed by atoms with E-state index in [0.717, 1.165) is 25.2 Å². The summed E-state index contributed by atoms with van der Waals surface area (Å²) in [6.45, 7) is 2.26. The molecule has 1 N–H and O–H groups in total. The fourth-order valence-electron chi connectivity index (χ4n) is 3.96. The van der Waals surface area contributed by atoms with E-state index in [1.165, 1.54) is 51.3 Å². The quantitative estimate of drug-likeness (QED) is 0.913. The molecular formula is C17H26N4O. The molecule has 2 amide bonds. The second-order valence-electron chi connectivity index (χ2n) is 6.76. The molecular weight excluding hydrogens is 276 g/mol. The normalized spacial score (nSPS) is 21.4. The Hall–Kier alpha value is -1.65. The van der Waals surface area contributed by atoms with Gasteiger partial charge in [0.05, 0.1) is 12.2 Å². The van der Waals surface area contributed by atoms with Crippen molar-refractivity contribution >= 4 is 6.03 Å². The van der Waals surface area contributed by atoms with Gasteiger partial charge in [-0.3, -0.25) is 0 Å². The van der Waals surface area contributed by atoms with E-state index in [4.69, 9.17) is 0 Å². The Balaban J connectivity index is 1.51. The summed E-state index contributed by atoms with van der Waals surface area (Å²) in [5, 5.41) is 2.98. The predicted molar refractivity (Wildman–Crippen MR) is 85.2 cm³/mol. The summed E-state index contributed by atoms with van der Waals surface area (Å²) < 4.78 is 0. The van der Waals surface area contributed by atoms with Crippen molar-refractivity contribution in [1.29, 1.82) is 0 Å². The van der Waals surface area contributed by atoms with Crippen LogP contribution in [0.3, 0.4) is 0 Å². The first-order chi connectivity index (χ1) is 10.8. The molecule has 2 fully saturated rings. The van der Waals surface area contributed by atoms with Crippen molar-refractivity contribution in [2.45, 2.75) is 57.9 Å². The van der Waals surface area contributed by atoms with E-state index in [-0.39, 0.29) is 6.03 Å². The zero-order chi connectivity index (χ0) is 15.3. The number of likely N-dealkylation sites (tertiary alicyclic amines) is 1. The summed E-state index contributed by atoms with van der Waals surface area (Å²) in [7, 11) is 0. The summed E-state index contributed by atoms with van der Waals surface area (Å²) in [6, 6.07) is 1.88. The molecule has 2 heterocycles. The Labute approximate surface area is 132 Å². The fourth-order valence-corrected chi connectivity index (χ4v) is 3.96. The van der Waals surface area contributed by atoms with Crippen LogP contribution in [0.25, 0.3) is 0 Å². The van der Waals surface area contributed by atoms with Crippen molar-refractivity contribution < 1.29 is 4.79 Å². The molecule has 5 nitrogen and oxygen atoms in total. The van der Waals surface area contributed by atoms with Crippen LogP contribution in [0, 0.1) is 5.41 Å². The number of urea groups is 1. The van der Waals surface area contributed by atoms with Crippen LogP contribution in [-0.4, -0.2) is 34.0 Å². The molecule has 1 saturated heterocycles. The van der Waals surface area contributed by atoms with Crippen LogP contribution in [0.1, 0.15) is 57.1 Å². The predicted octanol–water partition coefficient (Wildman–Crippen LogP) is 3.12. The molecule has 1 spiro atoms. The zero-order valence-electron chi connectivity index (χ0n) is 13.3. The highest BCUT2D eigenvalue weighted by molar-refractivity contribution is 5.74. The van der Waals surface area contributed by atoms with Gasteiger partial charge in [0.15, 0.2) is 0 Å². The summed E-state index contributed by atoms with van der Waals surface area (Å²) in [5.74, 6) is 0. The number of rotatable bonds is 2. The van der Waals surface area contributed by atoms with Crippen LogP contribution in [-0.2, 0) is 6.54 Å². The lowest BCUT2D eigenvalue weighted by molar-refractivity contribution is 0.157. The van der Waals surface area contributed by atoms with E-state index < -0.39 is 0 Å². The number of amides is 2. The van der Waals surface area contributed by atoms with Gasteiger partial charge in [-0.05, 0) is 43.6 Å². The number of carbonyl (C=O) groups is 1. The molecule has 1 saturated carbocycles. The Kier molecular flexibility index (Phi) is 4.90. The molecule has 3 rings (SSSR count). The van der Waals surface area contributed by atoms with Gasteiger partial charge >= 0.3 is 6.03 Å². The molecule has 0 unspecified atom stereocenters. The Bertz CT molecular complexity index is 485. The van der Waals surface area contributed by atoms with Crippen molar-refractivity contribution in [1.82, 2.24) is 20.2 Å². The highest BCUT2D eigenvalue weighted by Crippen LogP contribution is 2.44. The molecule has 1 aliphatic carbocycles. The molecule has 1 aliphatic heterocycles. The summed E-state index contributed by atoms with van der Waals surface area (Å²) in [5.41, 5.74) is 1.38. The second kappa shape index (κ2) is 7.07. The van der Waals surface area contributed by atoms with Crippen molar-refractivity contribution in [3.63, 3.8) is 0 Å². The number of aromatic nitrogens is 2. The first-order valence-corrected chi connectivity index (χ1v) is 8.55. The van der Waals surface area contributed by atoms with Gasteiger partial charge in [0.2, 0.25) is 0 Å². The molecule has 2 aliphatic rings. The van der Waals surface area contributed by atoms with Gasteiger partial charge in [-0.25, -0.2) is 14.8 Å². The minimum absolute atomic E-state index is 0.0477. The van der Waals surface area contributed by atoms with Gasteiger partial charge in [-0.1, -0.05) is 19.3 Å². The van der Waals surface area contributed by atoms with E-state index >= 15 is 0 Å². The molecule has 0 aromatic carbocycles. The lowest BCUT2D eigenvalue weighted by Gasteiger charge is -2.36. The zero-order valence-corrected chi connectivity index (χ0v) is 13.3. The third-order valence-electron chi connectivity index (χ3n) is 5.31. The summed E-state index contributed by atoms with van der Waals surface area (Å²) in [6.07, 6.45) is 13.7. The average Bonchev–Trinajstić information content (AvgIpc) is 2.77. The number of nitrogens with zero attached hydrogens (tertiary/aromatic N) is 3. The molecule has 0 bridgehead atoms. The first kappa shape index (κ1) is 15.3. The Morgan fingerprint density at radius 2 is 1.95 bits per heavy atom. The van der Waals surface area contributed by atoms with Gasteiger partial charge in [-0.15, -0.1) is 0 Å². The second-order valence-corrected chi connectivity index (χ2v) is 6.76. The lowest BCUT2D eigenvalue weighted by atomic mass is 9.69. The minimum Gasteiger partial charge on any atom is -0.332 e. The van der Waals surface area contributed by atoms with Gasteiger partial charge in [0.1, 0.15) is 6.33 Å². The molecule has 120 valence electrons. The largest absolute Gasteiger partial charge is 0.332 e. The van der Waals surface area contributed by atoms with Crippen molar-refractivity contribution in [2.75, 3.05) is 13.1 Å². The monoisotopic (exact) mass is 302 g/mol. The molecule has 1 aromatic rings. The van der Waals surface area contributed by atoms with Crippen LogP contribution in [0.15, 0.2) is 18.6 Å². The van der Waals surface area contributed by atoms with E-state index in [2.05, 4.69) is 15.3 Å². The number of hydrogen-bond donors (Lipinski definition) is 1. The molecule has 0 radical (unpaired) electrons. The lowest BCUT2D eigenvalue weighted by Crippen LogP contribution is -2.40. The first-order valence-electron chi connectivity index (χ1n) is 8.55. The smallest absolute Gasteiger partial charge is 0.317 e. The Morgan fingerprint density at radius 1 is 1.14 bits per heavy atom. The average molecular weight is 302 g/mol. The van der Waals surface area contributed by atoms with E-state index in [1.807, 2.05) is 11.0 Å². The SMILES string of the molecule is O=C(NCc1ccncn1)N1CCCC2(CCCCC2)CC1. The highest BCUT2D eigenvalue weighted by atomic mass is 16.2. The number of nitrogens with one attached hydrogen (secondary N) is 1. The van der Waals surface area contributed by atoms with E-state index in [1.54, 1.807) is 6.20 Å². The van der Waals surface area contributed by atoms with Crippen LogP contribution >= 0.6 is 0 Å². The topological polar surface area (TPSA) is 58.1 Å². The van der Waals surface area contributed by atoms with Crippen molar-refractivity contribution in [3.05, 3.63) is 24.3 Å². The summed E-state index contributed by atoms with van der Waals surface area (Å²) >= 11 is 0. The third kappa shape index (κ3) is 3.76. The minimum atomic E-state index is 0.0477. The van der Waals surface area contributed by atoms with Gasteiger partial charge in [0, 0.05) is 19.3 Å². The molecule has 1 aromatic heterocycles. The van der Waals surface area contributed by atoms with Gasteiger partial charge < -0.3 is 10.2 Å². The maximum Gasteiger partial charge on any atom is 0.317 e. The molecule has 0 atom stereocenters. The molecule has 22 heavy (non-hydrogen) atoms. The van der Waals surface area contributed by atoms with Gasteiger partial charge in [-0.2, -0.15) is 0 Å². The highest BCUT2D eigenvalue weighted by Gasteiger charge is 2.34. The van der Waals surface area contributed by atoms with E-state index in [9.17, 15) is 4.79 Å². The van der Waals surface area contributed by atoms with Gasteiger partial charge in [0.25, 0.3) is 0 Å². The maximum absolute atomic E-state index is 12.4. The van der Waals surface area contributed by atoms with E-state index in [0.29, 0.717) is 12.0 Å². The van der Waals surface area contributed by atoms with Crippen LogP contribution in [0.2, 0.25) is 0 Å². The Morgan fingerprint density at radius 3 is 2.73 bits per heavy atom. The fraction of sp³-hybridized carbons (Fsp3) is 0.706. The van der Waals surface area contributed by atoms with Crippen molar-refractivity contribution in [2.24, 2.45) is 5.41 Å². The van der Waals surface area contributed by atoms with Crippen LogP contribution < -0.4 is 5.32 Å². The number of hydrogen-bond acceptors (Lipinski definition) is 3. The number of carbonyl (C=O) groups excluding carboxylic acids is 1. The molecule has 5 heteroatoms. The van der Waals surface area contributed by atoms with Crippen LogP contribution in [0.4, 0.5) is 4.79 Å². The third-order valence-corrected chi connectivity index (χ3v) is 5.31. The van der Waals surface area contributed by atoms with Crippen LogP contribution in [0.5, 0.6) is 0 Å². The maximum atomic E-state index is 12.4. The summed E-state index contributed by atoms with van der Waals surface area (Å²) in [4.78, 5) is 22.4.